The van der Waals surface area contributed by atoms with Crippen molar-refractivity contribution in [3.63, 3.8) is 0 Å². The van der Waals surface area contributed by atoms with E-state index in [0.717, 1.165) is 48.9 Å². The topological polar surface area (TPSA) is 77.2 Å². The summed E-state index contributed by atoms with van der Waals surface area (Å²) in [7, 11) is 1.70. The predicted molar refractivity (Wildman–Crippen MR) is 128 cm³/mol. The molecule has 0 aliphatic heterocycles. The second kappa shape index (κ2) is 11.3. The average molecular weight is 441 g/mol. The number of benzene rings is 2. The monoisotopic (exact) mass is 440 g/mol. The smallest absolute Gasteiger partial charge is 0.207 e. The molecule has 0 aliphatic rings. The number of para-hydroxylation sites is 1. The molecule has 0 spiro atoms. The first-order valence-electron chi connectivity index (χ1n) is 10.8. The number of amides is 1. The summed E-state index contributed by atoms with van der Waals surface area (Å²) >= 11 is -0.923. The van der Waals surface area contributed by atoms with E-state index >= 15 is 0 Å². The molecule has 0 bridgehead atoms. The SMILES string of the molecule is CCc1cc(CCNC=O)c(C(CCc2c[nH]c3ccccc23)C[S+](C)[O-])cc1OC. The highest BCUT2D eigenvalue weighted by Crippen LogP contribution is 2.33. The fourth-order valence-corrected chi connectivity index (χ4v) is 5.21. The third kappa shape index (κ3) is 5.83. The molecular formula is C25H32N2O3S. The van der Waals surface area contributed by atoms with E-state index in [-0.39, 0.29) is 5.92 Å². The predicted octanol–water partition coefficient (Wildman–Crippen LogP) is 4.12. The number of H-pyrrole nitrogens is 1. The Morgan fingerprint density at radius 2 is 2.00 bits per heavy atom. The van der Waals surface area contributed by atoms with Gasteiger partial charge in [0.05, 0.1) is 13.4 Å². The molecule has 2 N–H and O–H groups in total. The molecular weight excluding hydrogens is 408 g/mol. The van der Waals surface area contributed by atoms with Crippen molar-refractivity contribution in [1.82, 2.24) is 10.3 Å². The van der Waals surface area contributed by atoms with Crippen LogP contribution in [-0.4, -0.2) is 41.6 Å². The maximum absolute atomic E-state index is 12.3. The fraction of sp³-hybridized carbons (Fsp3) is 0.400. The first kappa shape index (κ1) is 23.2. The number of rotatable bonds is 12. The second-order valence-corrected chi connectivity index (χ2v) is 9.35. The zero-order valence-electron chi connectivity index (χ0n) is 18.6. The lowest BCUT2D eigenvalue weighted by Gasteiger charge is -2.23. The minimum atomic E-state index is -0.923. The molecule has 3 aromatic rings. The molecule has 31 heavy (non-hydrogen) atoms. The Balaban J connectivity index is 1.92. The molecule has 0 saturated carbocycles. The van der Waals surface area contributed by atoms with Gasteiger partial charge >= 0.3 is 0 Å². The van der Waals surface area contributed by atoms with Crippen LogP contribution >= 0.6 is 0 Å². The van der Waals surface area contributed by atoms with Crippen LogP contribution in [0, 0.1) is 0 Å². The molecule has 5 nitrogen and oxygen atoms in total. The maximum atomic E-state index is 12.3. The van der Waals surface area contributed by atoms with Gasteiger partial charge in [-0.1, -0.05) is 42.4 Å². The highest BCUT2D eigenvalue weighted by Gasteiger charge is 2.22. The molecule has 1 heterocycles. The summed E-state index contributed by atoms with van der Waals surface area (Å²) in [5.74, 6) is 1.62. The Labute approximate surface area is 187 Å². The summed E-state index contributed by atoms with van der Waals surface area (Å²) in [5, 5.41) is 4.01. The second-order valence-electron chi connectivity index (χ2n) is 7.87. The van der Waals surface area contributed by atoms with E-state index < -0.39 is 11.2 Å². The number of carbonyl (C=O) groups is 1. The van der Waals surface area contributed by atoms with E-state index in [2.05, 4.69) is 53.8 Å². The van der Waals surface area contributed by atoms with Crippen molar-refractivity contribution < 1.29 is 14.1 Å². The third-order valence-electron chi connectivity index (χ3n) is 5.86. The van der Waals surface area contributed by atoms with Crippen LogP contribution in [0.4, 0.5) is 0 Å². The average Bonchev–Trinajstić information content (AvgIpc) is 3.19. The number of hydrogen-bond donors (Lipinski definition) is 2. The number of aromatic nitrogens is 1. The summed E-state index contributed by atoms with van der Waals surface area (Å²) in [6.07, 6.45) is 7.99. The van der Waals surface area contributed by atoms with E-state index in [4.69, 9.17) is 4.74 Å². The Hall–Kier alpha value is -2.44. The zero-order chi connectivity index (χ0) is 22.2. The van der Waals surface area contributed by atoms with Gasteiger partial charge < -0.3 is 19.6 Å². The number of nitrogens with one attached hydrogen (secondary N) is 2. The zero-order valence-corrected chi connectivity index (χ0v) is 19.4. The van der Waals surface area contributed by atoms with Gasteiger partial charge in [-0.15, -0.1) is 0 Å². The lowest BCUT2D eigenvalue weighted by atomic mass is 9.87. The van der Waals surface area contributed by atoms with Gasteiger partial charge in [0.1, 0.15) is 11.5 Å². The van der Waals surface area contributed by atoms with Crippen LogP contribution in [0.5, 0.6) is 5.75 Å². The molecule has 0 radical (unpaired) electrons. The van der Waals surface area contributed by atoms with Gasteiger partial charge in [-0.05, 0) is 60.1 Å². The summed E-state index contributed by atoms with van der Waals surface area (Å²) in [6.45, 7) is 2.69. The van der Waals surface area contributed by atoms with E-state index in [1.54, 1.807) is 13.4 Å². The van der Waals surface area contributed by atoms with Gasteiger partial charge in [-0.2, -0.15) is 0 Å². The molecule has 2 aromatic carbocycles. The molecule has 0 saturated heterocycles. The molecule has 166 valence electrons. The number of ether oxygens (including phenoxy) is 1. The van der Waals surface area contributed by atoms with Crippen molar-refractivity contribution in [3.05, 3.63) is 64.8 Å². The quantitative estimate of drug-likeness (QED) is 0.253. The molecule has 1 aromatic heterocycles. The first-order valence-corrected chi connectivity index (χ1v) is 12.5. The van der Waals surface area contributed by atoms with Crippen molar-refractivity contribution in [1.29, 1.82) is 0 Å². The normalized spacial score (nSPS) is 13.2. The summed E-state index contributed by atoms with van der Waals surface area (Å²) in [5.41, 5.74) is 5.95. The summed E-state index contributed by atoms with van der Waals surface area (Å²) in [4.78, 5) is 14.1. The van der Waals surface area contributed by atoms with E-state index in [1.807, 2.05) is 6.07 Å². The highest BCUT2D eigenvalue weighted by molar-refractivity contribution is 7.90. The standard InChI is InChI=1S/C25H32N2O3S/c1-4-18-13-19(11-12-26-17-28)23(14-25(18)30-2)21(16-31(3)29)10-9-20-15-27-24-8-6-5-7-22(20)24/h5-8,13-15,17,21,27H,4,9-12,16H2,1-3H3,(H,26,28). The summed E-state index contributed by atoms with van der Waals surface area (Å²) in [6, 6.07) is 12.6. The lowest BCUT2D eigenvalue weighted by molar-refractivity contribution is -0.109. The van der Waals surface area contributed by atoms with Crippen molar-refractivity contribution in [3.8, 4) is 5.75 Å². The van der Waals surface area contributed by atoms with E-state index in [9.17, 15) is 9.35 Å². The van der Waals surface area contributed by atoms with Crippen LogP contribution in [0.3, 0.4) is 0 Å². The summed E-state index contributed by atoms with van der Waals surface area (Å²) < 4.78 is 17.9. The molecule has 2 unspecified atom stereocenters. The van der Waals surface area contributed by atoms with Gasteiger partial charge in [-0.3, -0.25) is 4.79 Å². The van der Waals surface area contributed by atoms with E-state index in [1.165, 1.54) is 22.1 Å². The Morgan fingerprint density at radius 1 is 1.19 bits per heavy atom. The van der Waals surface area contributed by atoms with Gasteiger partial charge in [-0.25, -0.2) is 0 Å². The first-order chi connectivity index (χ1) is 15.1. The molecule has 3 rings (SSSR count). The molecule has 2 atom stereocenters. The lowest BCUT2D eigenvalue weighted by Crippen LogP contribution is -2.19. The Kier molecular flexibility index (Phi) is 8.43. The van der Waals surface area contributed by atoms with Crippen molar-refractivity contribution in [2.75, 3.05) is 25.7 Å². The largest absolute Gasteiger partial charge is 0.617 e. The van der Waals surface area contributed by atoms with Crippen LogP contribution in [0.1, 0.15) is 41.5 Å². The number of fused-ring (bicyclic) bond motifs is 1. The molecule has 0 fully saturated rings. The van der Waals surface area contributed by atoms with Gasteiger partial charge in [0.2, 0.25) is 6.41 Å². The van der Waals surface area contributed by atoms with Crippen LogP contribution in [0.15, 0.2) is 42.6 Å². The number of aromatic amines is 1. The minimum Gasteiger partial charge on any atom is -0.617 e. The minimum absolute atomic E-state index is 0.144. The van der Waals surface area contributed by atoms with Crippen LogP contribution in [0.25, 0.3) is 10.9 Å². The number of carbonyl (C=O) groups excluding carboxylic acids is 1. The third-order valence-corrected chi connectivity index (χ3v) is 6.73. The molecule has 1 amide bonds. The van der Waals surface area contributed by atoms with Crippen LogP contribution in [-0.2, 0) is 35.2 Å². The van der Waals surface area contributed by atoms with Crippen LogP contribution in [0.2, 0.25) is 0 Å². The van der Waals surface area contributed by atoms with Gasteiger partial charge in [0.25, 0.3) is 0 Å². The molecule has 6 heteroatoms. The van der Waals surface area contributed by atoms with E-state index in [0.29, 0.717) is 12.3 Å². The van der Waals surface area contributed by atoms with Crippen LogP contribution < -0.4 is 10.1 Å². The fourth-order valence-electron chi connectivity index (χ4n) is 4.30. The number of aryl methyl sites for hydroxylation is 2. The Bertz CT molecular complexity index is 1000. The number of methoxy groups -OCH3 is 1. The highest BCUT2D eigenvalue weighted by atomic mass is 32.2. The van der Waals surface area contributed by atoms with Gasteiger partial charge in [0.15, 0.2) is 0 Å². The van der Waals surface area contributed by atoms with Gasteiger partial charge in [0, 0.05) is 29.6 Å². The maximum Gasteiger partial charge on any atom is 0.207 e. The van der Waals surface area contributed by atoms with Crippen molar-refractivity contribution in [2.24, 2.45) is 0 Å². The molecule has 0 aliphatic carbocycles. The Morgan fingerprint density at radius 3 is 2.71 bits per heavy atom. The van der Waals surface area contributed by atoms with Crippen molar-refractivity contribution in [2.45, 2.75) is 38.5 Å². The number of hydrogen-bond acceptors (Lipinski definition) is 3. The van der Waals surface area contributed by atoms with Crippen molar-refractivity contribution >= 4 is 28.5 Å².